The number of anilines is 2. The number of fused-ring (bicyclic) bond motifs is 1. The average molecular weight is 654 g/mol. The van der Waals surface area contributed by atoms with Gasteiger partial charge in [0.2, 0.25) is 0 Å². The van der Waals surface area contributed by atoms with E-state index < -0.39 is 23.2 Å². The summed E-state index contributed by atoms with van der Waals surface area (Å²) in [6.45, 7) is 11.7. The van der Waals surface area contributed by atoms with Gasteiger partial charge in [-0.25, -0.2) is 14.5 Å². The van der Waals surface area contributed by atoms with Crippen LogP contribution in [0.2, 0.25) is 5.02 Å². The summed E-state index contributed by atoms with van der Waals surface area (Å²) in [7, 11) is 1.51. The van der Waals surface area contributed by atoms with Crippen LogP contribution in [0.5, 0.6) is 11.5 Å². The number of aromatic amines is 1. The number of methoxy groups -OCH3 is 1. The number of carbonyl (C=O) groups excluding carboxylic acids is 3. The molecule has 2 aliphatic heterocycles. The van der Waals surface area contributed by atoms with Crippen molar-refractivity contribution in [2.75, 3.05) is 32.1 Å². The fraction of sp³-hybridized carbons (Fsp3) is 0.455. The Morgan fingerprint density at radius 2 is 1.78 bits per heavy atom. The van der Waals surface area contributed by atoms with Crippen LogP contribution in [0.1, 0.15) is 64.0 Å². The van der Waals surface area contributed by atoms with Gasteiger partial charge in [0.15, 0.2) is 5.75 Å². The lowest BCUT2D eigenvalue weighted by molar-refractivity contribution is -0.0141. The van der Waals surface area contributed by atoms with Crippen LogP contribution in [0, 0.1) is 0 Å². The van der Waals surface area contributed by atoms with Crippen LogP contribution >= 0.6 is 11.6 Å². The molecule has 0 radical (unpaired) electrons. The third-order valence-corrected chi connectivity index (χ3v) is 7.72. The molecule has 0 unspecified atom stereocenters. The molecule has 13 heteroatoms. The molecule has 3 aromatic rings. The van der Waals surface area contributed by atoms with Crippen molar-refractivity contribution < 1.29 is 33.3 Å². The normalized spacial score (nSPS) is 16.3. The predicted octanol–water partition coefficient (Wildman–Crippen LogP) is 6.80. The number of halogens is 1. The van der Waals surface area contributed by atoms with Crippen LogP contribution in [0.3, 0.4) is 0 Å². The van der Waals surface area contributed by atoms with E-state index in [-0.39, 0.29) is 30.9 Å². The molecule has 3 amide bonds. The zero-order valence-electron chi connectivity index (χ0n) is 27.2. The monoisotopic (exact) mass is 653 g/mol. The van der Waals surface area contributed by atoms with Crippen molar-refractivity contribution in [1.82, 2.24) is 19.8 Å². The molecule has 46 heavy (non-hydrogen) atoms. The minimum absolute atomic E-state index is 0.141. The van der Waals surface area contributed by atoms with Crippen molar-refractivity contribution in [2.45, 2.75) is 71.6 Å². The Morgan fingerprint density at radius 1 is 1.07 bits per heavy atom. The van der Waals surface area contributed by atoms with Crippen LogP contribution in [0.25, 0.3) is 11.3 Å². The third kappa shape index (κ3) is 7.01. The van der Waals surface area contributed by atoms with Crippen molar-refractivity contribution in [3.63, 3.8) is 0 Å². The highest BCUT2D eigenvalue weighted by Crippen LogP contribution is 2.44. The summed E-state index contributed by atoms with van der Waals surface area (Å²) in [5.41, 5.74) is 1.62. The molecule has 1 atom stereocenters. The highest BCUT2D eigenvalue weighted by Gasteiger charge is 2.38. The molecular formula is C33H40ClN5O7. The van der Waals surface area contributed by atoms with Crippen molar-refractivity contribution in [3.8, 4) is 22.8 Å². The van der Waals surface area contributed by atoms with E-state index in [1.54, 1.807) is 62.3 Å². The summed E-state index contributed by atoms with van der Waals surface area (Å²) in [5.74, 6) is 0.311. The van der Waals surface area contributed by atoms with E-state index in [1.807, 2.05) is 20.8 Å². The van der Waals surface area contributed by atoms with Crippen molar-refractivity contribution in [1.29, 1.82) is 0 Å². The SMILES string of the molecule is COc1c(Cl)cccc1Nc1c(-c2ccncc2OC[C@@H]2CCN2C(=O)OC(C)(C)C)[nH]c2c1C(=O)N(C(=O)OC(C)(C)C)CC2. The lowest BCUT2D eigenvalue weighted by Crippen LogP contribution is -2.55. The van der Waals surface area contributed by atoms with Gasteiger partial charge in [0.1, 0.15) is 23.6 Å². The summed E-state index contributed by atoms with van der Waals surface area (Å²) >= 11 is 6.44. The fourth-order valence-electron chi connectivity index (χ4n) is 5.27. The molecule has 1 saturated heterocycles. The molecule has 0 spiro atoms. The smallest absolute Gasteiger partial charge is 0.417 e. The standard InChI is InChI=1S/C33H40ClN5O7/c1-32(2,3)45-30(41)38-15-12-19(38)18-44-24-17-35-14-11-20(24)26-27(37-23-10-8-9-21(34)28(23)43-7)25-22(36-26)13-16-39(29(25)40)31(42)46-33(4,5)6/h8-11,14,17,19,36-37H,12-13,15-16,18H2,1-7H3/t19-/m0/s1. The second-order valence-corrected chi connectivity index (χ2v) is 13.6. The van der Waals surface area contributed by atoms with Gasteiger partial charge in [-0.05, 0) is 66.2 Å². The van der Waals surface area contributed by atoms with Crippen molar-refractivity contribution in [2.24, 2.45) is 0 Å². The second kappa shape index (κ2) is 12.7. The number of H-pyrrole nitrogens is 1. The largest absolute Gasteiger partial charge is 0.493 e. The number of likely N-dealkylation sites (tertiary alicyclic amines) is 1. The number of imide groups is 1. The zero-order chi connectivity index (χ0) is 33.4. The van der Waals surface area contributed by atoms with Gasteiger partial charge in [-0.3, -0.25) is 9.78 Å². The number of rotatable bonds is 7. The molecule has 4 heterocycles. The lowest BCUT2D eigenvalue weighted by Gasteiger charge is -2.41. The second-order valence-electron chi connectivity index (χ2n) is 13.2. The topological polar surface area (TPSA) is 135 Å². The van der Waals surface area contributed by atoms with Crippen LogP contribution in [0.4, 0.5) is 21.0 Å². The Kier molecular flexibility index (Phi) is 9.12. The highest BCUT2D eigenvalue weighted by molar-refractivity contribution is 6.32. The minimum atomic E-state index is -0.779. The number of carbonyl (C=O) groups is 3. The van der Waals surface area contributed by atoms with E-state index in [4.69, 9.17) is 30.5 Å². The van der Waals surface area contributed by atoms with Gasteiger partial charge in [-0.15, -0.1) is 0 Å². The van der Waals surface area contributed by atoms with Gasteiger partial charge < -0.3 is 34.1 Å². The van der Waals surface area contributed by atoms with Crippen molar-refractivity contribution >= 4 is 41.1 Å². The van der Waals surface area contributed by atoms with Gasteiger partial charge in [-0.1, -0.05) is 17.7 Å². The molecule has 1 fully saturated rings. The number of nitrogens with one attached hydrogen (secondary N) is 2. The molecule has 5 rings (SSSR count). The molecule has 0 bridgehead atoms. The number of benzene rings is 1. The molecule has 2 aromatic heterocycles. The first-order valence-electron chi connectivity index (χ1n) is 15.1. The Balaban J connectivity index is 1.51. The maximum absolute atomic E-state index is 14.0. The summed E-state index contributed by atoms with van der Waals surface area (Å²) in [6, 6.07) is 6.84. The Hall–Kier alpha value is -4.45. The van der Waals surface area contributed by atoms with Crippen LogP contribution in [0.15, 0.2) is 36.7 Å². The van der Waals surface area contributed by atoms with E-state index in [2.05, 4.69) is 15.3 Å². The first kappa shape index (κ1) is 32.9. The summed E-state index contributed by atoms with van der Waals surface area (Å²) in [6.07, 6.45) is 3.24. The number of ether oxygens (including phenoxy) is 4. The molecule has 1 aromatic carbocycles. The van der Waals surface area contributed by atoms with Gasteiger partial charge in [0, 0.05) is 37.0 Å². The van der Waals surface area contributed by atoms with E-state index in [0.29, 0.717) is 57.8 Å². The molecule has 0 aliphatic carbocycles. The minimum Gasteiger partial charge on any atom is -0.493 e. The number of nitrogens with zero attached hydrogens (tertiary/aromatic N) is 3. The molecular weight excluding hydrogens is 614 g/mol. The first-order valence-corrected chi connectivity index (χ1v) is 15.5. The zero-order valence-corrected chi connectivity index (χ0v) is 27.9. The first-order chi connectivity index (χ1) is 21.7. The maximum atomic E-state index is 14.0. The predicted molar refractivity (Wildman–Crippen MR) is 173 cm³/mol. The van der Waals surface area contributed by atoms with Crippen LogP contribution in [-0.2, 0) is 15.9 Å². The van der Waals surface area contributed by atoms with Crippen LogP contribution < -0.4 is 14.8 Å². The van der Waals surface area contributed by atoms with Gasteiger partial charge >= 0.3 is 12.2 Å². The van der Waals surface area contributed by atoms with Gasteiger partial charge in [-0.2, -0.15) is 0 Å². The number of hydrogen-bond donors (Lipinski definition) is 2. The van der Waals surface area contributed by atoms with Crippen molar-refractivity contribution in [3.05, 3.63) is 52.9 Å². The fourth-order valence-corrected chi connectivity index (χ4v) is 5.52. The molecule has 0 saturated carbocycles. The van der Waals surface area contributed by atoms with E-state index >= 15 is 0 Å². The number of pyridine rings is 1. The summed E-state index contributed by atoms with van der Waals surface area (Å²) in [5, 5.41) is 3.73. The summed E-state index contributed by atoms with van der Waals surface area (Å²) < 4.78 is 22.9. The Morgan fingerprint density at radius 3 is 2.43 bits per heavy atom. The maximum Gasteiger partial charge on any atom is 0.417 e. The molecule has 2 aliphatic rings. The van der Waals surface area contributed by atoms with E-state index in [9.17, 15) is 14.4 Å². The molecule has 246 valence electrons. The molecule has 2 N–H and O–H groups in total. The Bertz CT molecular complexity index is 1640. The third-order valence-electron chi connectivity index (χ3n) is 7.42. The summed E-state index contributed by atoms with van der Waals surface area (Å²) in [4.78, 5) is 50.2. The average Bonchev–Trinajstić information content (AvgIpc) is 3.30. The Labute approximate surface area is 273 Å². The lowest BCUT2D eigenvalue weighted by atomic mass is 10.0. The number of para-hydroxylation sites is 1. The number of hydrogen-bond acceptors (Lipinski definition) is 9. The van der Waals surface area contributed by atoms with Gasteiger partial charge in [0.05, 0.1) is 47.0 Å². The van der Waals surface area contributed by atoms with E-state index in [0.717, 1.165) is 11.3 Å². The van der Waals surface area contributed by atoms with Crippen LogP contribution in [-0.4, -0.2) is 81.9 Å². The van der Waals surface area contributed by atoms with E-state index in [1.165, 1.54) is 7.11 Å². The van der Waals surface area contributed by atoms with Gasteiger partial charge in [0.25, 0.3) is 5.91 Å². The number of amides is 3. The highest BCUT2D eigenvalue weighted by atomic mass is 35.5. The molecule has 12 nitrogen and oxygen atoms in total. The number of aromatic nitrogens is 2. The quantitative estimate of drug-likeness (QED) is 0.282.